The van der Waals surface area contributed by atoms with E-state index in [9.17, 15) is 14.7 Å². The molecule has 0 saturated carbocycles. The summed E-state index contributed by atoms with van der Waals surface area (Å²) in [5.41, 5.74) is 0.929. The van der Waals surface area contributed by atoms with Crippen molar-refractivity contribution in [2.45, 2.75) is 96.8 Å². The molecule has 1 rings (SSSR count). The Bertz CT molecular complexity index is 547. The standard InChI is InChI=1S/C23H37NO4/c1-3-4-5-6-7-8-12-15-21(17-22(26)16-19(2)25)24-23(27)28-18-20-13-10-9-11-14-20/h9-11,13-14,21-22,26H,3-8,12,15-18H2,1-2H3,(H,24,27)/t21-,22+/m0/s1. The zero-order chi connectivity index (χ0) is 20.6. The van der Waals surface area contributed by atoms with Crippen molar-refractivity contribution in [2.75, 3.05) is 0 Å². The van der Waals surface area contributed by atoms with Crippen LogP contribution in [0.4, 0.5) is 4.79 Å². The largest absolute Gasteiger partial charge is 0.445 e. The zero-order valence-electron chi connectivity index (χ0n) is 17.5. The maximum absolute atomic E-state index is 12.2. The average Bonchev–Trinajstić information content (AvgIpc) is 2.65. The molecule has 158 valence electrons. The van der Waals surface area contributed by atoms with Crippen LogP contribution in [-0.2, 0) is 16.1 Å². The van der Waals surface area contributed by atoms with E-state index < -0.39 is 12.2 Å². The van der Waals surface area contributed by atoms with Gasteiger partial charge in [-0.2, -0.15) is 0 Å². The van der Waals surface area contributed by atoms with Gasteiger partial charge in [0.1, 0.15) is 12.4 Å². The van der Waals surface area contributed by atoms with Crippen LogP contribution in [0.3, 0.4) is 0 Å². The molecule has 0 spiro atoms. The third-order valence-electron chi connectivity index (χ3n) is 4.77. The second kappa shape index (κ2) is 15.1. The van der Waals surface area contributed by atoms with Crippen molar-refractivity contribution in [3.05, 3.63) is 35.9 Å². The first-order valence-electron chi connectivity index (χ1n) is 10.7. The van der Waals surface area contributed by atoms with Gasteiger partial charge in [0.05, 0.1) is 6.10 Å². The minimum absolute atomic E-state index is 0.0474. The number of ether oxygens (including phenoxy) is 1. The van der Waals surface area contributed by atoms with E-state index >= 15 is 0 Å². The predicted molar refractivity (Wildman–Crippen MR) is 112 cm³/mol. The summed E-state index contributed by atoms with van der Waals surface area (Å²) in [6.45, 7) is 3.89. The molecule has 2 N–H and O–H groups in total. The van der Waals surface area contributed by atoms with E-state index in [-0.39, 0.29) is 24.9 Å². The van der Waals surface area contributed by atoms with E-state index in [0.29, 0.717) is 6.42 Å². The number of hydrogen-bond donors (Lipinski definition) is 2. The Labute approximate surface area is 169 Å². The Balaban J connectivity index is 2.40. The topological polar surface area (TPSA) is 75.6 Å². The quantitative estimate of drug-likeness (QED) is 0.405. The van der Waals surface area contributed by atoms with Crippen LogP contribution in [0, 0.1) is 0 Å². The summed E-state index contributed by atoms with van der Waals surface area (Å²) in [6.07, 6.45) is 8.41. The summed E-state index contributed by atoms with van der Waals surface area (Å²) in [7, 11) is 0. The summed E-state index contributed by atoms with van der Waals surface area (Å²) in [6, 6.07) is 9.34. The van der Waals surface area contributed by atoms with E-state index in [1.54, 1.807) is 0 Å². The molecule has 0 aliphatic carbocycles. The van der Waals surface area contributed by atoms with Gasteiger partial charge in [0.25, 0.3) is 0 Å². The van der Waals surface area contributed by atoms with Gasteiger partial charge in [-0.15, -0.1) is 0 Å². The average molecular weight is 392 g/mol. The van der Waals surface area contributed by atoms with Crippen molar-refractivity contribution < 1.29 is 19.4 Å². The fourth-order valence-corrected chi connectivity index (χ4v) is 3.27. The van der Waals surface area contributed by atoms with Gasteiger partial charge in [0, 0.05) is 12.5 Å². The fraction of sp³-hybridized carbons (Fsp3) is 0.652. The third kappa shape index (κ3) is 12.5. The Morgan fingerprint density at radius 3 is 2.32 bits per heavy atom. The minimum atomic E-state index is -0.735. The van der Waals surface area contributed by atoms with Gasteiger partial charge >= 0.3 is 6.09 Å². The van der Waals surface area contributed by atoms with Crippen LogP contribution in [0.15, 0.2) is 30.3 Å². The SMILES string of the molecule is CCCCCCCCC[C@@H](C[C@H](O)CC(C)=O)NC(=O)OCc1ccccc1. The number of aliphatic hydroxyl groups excluding tert-OH is 1. The molecule has 0 fully saturated rings. The van der Waals surface area contributed by atoms with Crippen LogP contribution >= 0.6 is 0 Å². The summed E-state index contributed by atoms with van der Waals surface area (Å²) >= 11 is 0. The maximum atomic E-state index is 12.2. The molecule has 0 aliphatic rings. The van der Waals surface area contributed by atoms with Crippen molar-refractivity contribution in [3.8, 4) is 0 Å². The number of nitrogens with one attached hydrogen (secondary N) is 1. The number of carbonyl (C=O) groups excluding carboxylic acids is 2. The Morgan fingerprint density at radius 1 is 1.04 bits per heavy atom. The molecular formula is C23H37NO4. The monoisotopic (exact) mass is 391 g/mol. The lowest BCUT2D eigenvalue weighted by atomic mass is 9.99. The van der Waals surface area contributed by atoms with E-state index in [0.717, 1.165) is 24.8 Å². The second-order valence-corrected chi connectivity index (χ2v) is 7.61. The van der Waals surface area contributed by atoms with Crippen molar-refractivity contribution in [3.63, 3.8) is 0 Å². The smallest absolute Gasteiger partial charge is 0.407 e. The zero-order valence-corrected chi connectivity index (χ0v) is 17.5. The number of hydrogen-bond acceptors (Lipinski definition) is 4. The van der Waals surface area contributed by atoms with Crippen LogP contribution < -0.4 is 5.32 Å². The molecule has 0 bridgehead atoms. The molecule has 0 unspecified atom stereocenters. The van der Waals surface area contributed by atoms with Crippen LogP contribution in [0.5, 0.6) is 0 Å². The van der Waals surface area contributed by atoms with Crippen molar-refractivity contribution in [2.24, 2.45) is 0 Å². The van der Waals surface area contributed by atoms with Crippen LogP contribution in [-0.4, -0.2) is 29.1 Å². The molecule has 28 heavy (non-hydrogen) atoms. The van der Waals surface area contributed by atoms with Crippen LogP contribution in [0.2, 0.25) is 0 Å². The van der Waals surface area contributed by atoms with E-state index in [2.05, 4.69) is 12.2 Å². The number of rotatable bonds is 15. The maximum Gasteiger partial charge on any atom is 0.407 e. The molecule has 1 amide bonds. The number of alkyl carbamates (subject to hydrolysis) is 1. The van der Waals surface area contributed by atoms with Gasteiger partial charge in [-0.05, 0) is 25.3 Å². The van der Waals surface area contributed by atoms with E-state index in [4.69, 9.17) is 4.74 Å². The molecular weight excluding hydrogens is 354 g/mol. The molecule has 5 nitrogen and oxygen atoms in total. The van der Waals surface area contributed by atoms with Crippen LogP contribution in [0.1, 0.15) is 83.6 Å². The lowest BCUT2D eigenvalue weighted by Crippen LogP contribution is -2.38. The van der Waals surface area contributed by atoms with Gasteiger partial charge in [-0.25, -0.2) is 4.79 Å². The number of benzene rings is 1. The van der Waals surface area contributed by atoms with E-state index in [1.807, 2.05) is 30.3 Å². The first kappa shape index (κ1) is 24.2. The Morgan fingerprint density at radius 2 is 1.68 bits per heavy atom. The van der Waals surface area contributed by atoms with Gasteiger partial charge in [-0.1, -0.05) is 82.2 Å². The van der Waals surface area contributed by atoms with Crippen molar-refractivity contribution >= 4 is 11.9 Å². The first-order valence-corrected chi connectivity index (χ1v) is 10.7. The van der Waals surface area contributed by atoms with Gasteiger partial charge in [-0.3, -0.25) is 4.79 Å². The molecule has 0 aromatic heterocycles. The van der Waals surface area contributed by atoms with Gasteiger partial charge in [0.15, 0.2) is 0 Å². The second-order valence-electron chi connectivity index (χ2n) is 7.61. The summed E-state index contributed by atoms with van der Waals surface area (Å²) < 4.78 is 5.29. The number of unbranched alkanes of at least 4 members (excludes halogenated alkanes) is 6. The molecule has 0 radical (unpaired) electrons. The molecule has 0 aliphatic heterocycles. The number of carbonyl (C=O) groups is 2. The first-order chi connectivity index (χ1) is 13.5. The normalized spacial score (nSPS) is 13.0. The molecule has 1 aromatic carbocycles. The highest BCUT2D eigenvalue weighted by molar-refractivity contribution is 5.75. The highest BCUT2D eigenvalue weighted by Gasteiger charge is 2.18. The molecule has 0 heterocycles. The molecule has 1 aromatic rings. The van der Waals surface area contributed by atoms with E-state index in [1.165, 1.54) is 39.0 Å². The number of aliphatic hydroxyl groups is 1. The Kier molecular flexibility index (Phi) is 13.0. The summed E-state index contributed by atoms with van der Waals surface area (Å²) in [5, 5.41) is 13.0. The summed E-state index contributed by atoms with van der Waals surface area (Å²) in [5.74, 6) is -0.0474. The molecule has 2 atom stereocenters. The Hall–Kier alpha value is -1.88. The van der Waals surface area contributed by atoms with Gasteiger partial charge in [0.2, 0.25) is 0 Å². The molecule has 5 heteroatoms. The number of ketones is 1. The summed E-state index contributed by atoms with van der Waals surface area (Å²) in [4.78, 5) is 23.4. The lowest BCUT2D eigenvalue weighted by Gasteiger charge is -2.21. The van der Waals surface area contributed by atoms with Crippen LogP contribution in [0.25, 0.3) is 0 Å². The highest BCUT2D eigenvalue weighted by Crippen LogP contribution is 2.14. The number of amides is 1. The highest BCUT2D eigenvalue weighted by atomic mass is 16.5. The predicted octanol–water partition coefficient (Wildman–Crippen LogP) is 5.15. The minimum Gasteiger partial charge on any atom is -0.445 e. The van der Waals surface area contributed by atoms with Crippen molar-refractivity contribution in [1.29, 1.82) is 0 Å². The molecule has 0 saturated heterocycles. The number of Topliss-reactive ketones (excluding diaryl/α,β-unsaturated/α-hetero) is 1. The van der Waals surface area contributed by atoms with Crippen molar-refractivity contribution in [1.82, 2.24) is 5.32 Å². The fourth-order valence-electron chi connectivity index (χ4n) is 3.27. The third-order valence-corrected chi connectivity index (χ3v) is 4.77. The van der Waals surface area contributed by atoms with Gasteiger partial charge < -0.3 is 15.2 Å². The lowest BCUT2D eigenvalue weighted by molar-refractivity contribution is -0.118.